The standard InChI is InChI=1S/C37H37N3O5/c1-44-32-16-12-28(13-17-32)36(42)38-35-11-7-6-10-34(35)27-20-23-39(24-21-27)31(26-41)22-25-40(30-8-4-3-5-9-30)37(43)29-14-18-33(45-2)19-15-29/h3-19,27H,20-25H2,1-2H3,(H,38,42). The fourth-order valence-corrected chi connectivity index (χ4v) is 5.70. The van der Waals surface area contributed by atoms with Crippen molar-refractivity contribution >= 4 is 29.1 Å². The third-order valence-electron chi connectivity index (χ3n) is 8.22. The van der Waals surface area contributed by atoms with Crippen LogP contribution >= 0.6 is 0 Å². The van der Waals surface area contributed by atoms with Crippen LogP contribution in [0.1, 0.15) is 51.5 Å². The number of benzene rings is 4. The second-order valence-electron chi connectivity index (χ2n) is 10.9. The Morgan fingerprint density at radius 1 is 0.800 bits per heavy atom. The number of piperidine rings is 1. The van der Waals surface area contributed by atoms with E-state index in [9.17, 15) is 14.4 Å². The van der Waals surface area contributed by atoms with E-state index < -0.39 is 0 Å². The van der Waals surface area contributed by atoms with Crippen molar-refractivity contribution in [3.05, 3.63) is 126 Å². The maximum Gasteiger partial charge on any atom is 0.258 e. The monoisotopic (exact) mass is 603 g/mol. The SMILES string of the molecule is COc1ccc(C(=O)Nc2ccccc2C2CCN(C(=C=O)CCN(C(=O)c3ccc(OC)cc3)c3ccccc3)CC2)cc1. The summed E-state index contributed by atoms with van der Waals surface area (Å²) in [4.78, 5) is 42.5. The van der Waals surface area contributed by atoms with Crippen LogP contribution in [0.15, 0.2) is 109 Å². The van der Waals surface area contributed by atoms with Gasteiger partial charge in [0.25, 0.3) is 11.8 Å². The Morgan fingerprint density at radius 2 is 1.38 bits per heavy atom. The maximum absolute atomic E-state index is 13.6. The largest absolute Gasteiger partial charge is 0.497 e. The molecule has 1 N–H and O–H groups in total. The molecule has 0 radical (unpaired) electrons. The van der Waals surface area contributed by atoms with Crippen LogP contribution in [0.4, 0.5) is 11.4 Å². The molecule has 1 aliphatic heterocycles. The molecular weight excluding hydrogens is 566 g/mol. The summed E-state index contributed by atoms with van der Waals surface area (Å²) in [5.74, 6) is 3.42. The van der Waals surface area contributed by atoms with Gasteiger partial charge in [0.05, 0.1) is 14.2 Å². The first-order valence-electron chi connectivity index (χ1n) is 15.0. The highest BCUT2D eigenvalue weighted by molar-refractivity contribution is 6.06. The number of rotatable bonds is 11. The van der Waals surface area contributed by atoms with Gasteiger partial charge in [-0.05, 0) is 91.1 Å². The summed E-state index contributed by atoms with van der Waals surface area (Å²) in [6.07, 6.45) is 2.00. The van der Waals surface area contributed by atoms with Gasteiger partial charge in [-0.25, -0.2) is 4.79 Å². The minimum atomic E-state index is -0.180. The number of amides is 2. The number of carbonyl (C=O) groups excluding carboxylic acids is 3. The smallest absolute Gasteiger partial charge is 0.258 e. The van der Waals surface area contributed by atoms with Crippen molar-refractivity contribution in [1.82, 2.24) is 4.90 Å². The molecule has 2 amide bonds. The predicted octanol–water partition coefficient (Wildman–Crippen LogP) is 6.59. The number of ether oxygens (including phenoxy) is 2. The Balaban J connectivity index is 1.23. The Kier molecular flexibility index (Phi) is 10.3. The van der Waals surface area contributed by atoms with E-state index in [1.54, 1.807) is 67.7 Å². The van der Waals surface area contributed by atoms with Crippen LogP contribution in [0, 0.1) is 0 Å². The quantitative estimate of drug-likeness (QED) is 0.195. The van der Waals surface area contributed by atoms with Gasteiger partial charge in [0.2, 0.25) is 0 Å². The normalized spacial score (nSPS) is 13.0. The van der Waals surface area contributed by atoms with Crippen molar-refractivity contribution in [2.75, 3.05) is 44.1 Å². The van der Waals surface area contributed by atoms with Crippen molar-refractivity contribution in [3.63, 3.8) is 0 Å². The molecule has 230 valence electrons. The third kappa shape index (κ3) is 7.61. The molecule has 0 spiro atoms. The molecule has 0 saturated carbocycles. The average Bonchev–Trinajstić information content (AvgIpc) is 3.11. The molecule has 1 heterocycles. The van der Waals surface area contributed by atoms with Crippen LogP contribution in [0.5, 0.6) is 11.5 Å². The highest BCUT2D eigenvalue weighted by Crippen LogP contribution is 2.34. The molecule has 1 aliphatic rings. The Bertz CT molecular complexity index is 1640. The van der Waals surface area contributed by atoms with Crippen molar-refractivity contribution < 1.29 is 23.9 Å². The first-order chi connectivity index (χ1) is 22.0. The fraction of sp³-hybridized carbons (Fsp3) is 0.243. The van der Waals surface area contributed by atoms with Gasteiger partial charge in [-0.15, -0.1) is 0 Å². The topological polar surface area (TPSA) is 88.2 Å². The molecule has 45 heavy (non-hydrogen) atoms. The lowest BCUT2D eigenvalue weighted by molar-refractivity contribution is 0.0985. The number of para-hydroxylation sites is 2. The molecule has 0 bridgehead atoms. The lowest BCUT2D eigenvalue weighted by Gasteiger charge is -2.35. The average molecular weight is 604 g/mol. The van der Waals surface area contributed by atoms with Crippen molar-refractivity contribution in [2.45, 2.75) is 25.2 Å². The summed E-state index contributed by atoms with van der Waals surface area (Å²) < 4.78 is 10.4. The minimum Gasteiger partial charge on any atom is -0.497 e. The molecule has 0 aliphatic carbocycles. The minimum absolute atomic E-state index is 0.152. The van der Waals surface area contributed by atoms with Crippen molar-refractivity contribution in [3.8, 4) is 11.5 Å². The van der Waals surface area contributed by atoms with E-state index in [4.69, 9.17) is 9.47 Å². The summed E-state index contributed by atoms with van der Waals surface area (Å²) in [5, 5.41) is 3.08. The van der Waals surface area contributed by atoms with Gasteiger partial charge in [-0.1, -0.05) is 36.4 Å². The molecule has 0 atom stereocenters. The first-order valence-corrected chi connectivity index (χ1v) is 15.0. The van der Waals surface area contributed by atoms with Gasteiger partial charge in [-0.3, -0.25) is 9.59 Å². The number of carbonyl (C=O) groups is 2. The zero-order chi connectivity index (χ0) is 31.6. The predicted molar refractivity (Wildman–Crippen MR) is 176 cm³/mol. The van der Waals surface area contributed by atoms with Gasteiger partial charge < -0.3 is 24.6 Å². The van der Waals surface area contributed by atoms with E-state index in [0.29, 0.717) is 54.4 Å². The number of nitrogens with zero attached hydrogens (tertiary/aromatic N) is 2. The van der Waals surface area contributed by atoms with E-state index >= 15 is 0 Å². The second kappa shape index (κ2) is 14.9. The third-order valence-corrected chi connectivity index (χ3v) is 8.22. The fourth-order valence-electron chi connectivity index (χ4n) is 5.70. The summed E-state index contributed by atoms with van der Waals surface area (Å²) in [7, 11) is 3.18. The molecule has 1 saturated heterocycles. The lowest BCUT2D eigenvalue weighted by Crippen LogP contribution is -2.36. The highest BCUT2D eigenvalue weighted by Gasteiger charge is 2.26. The molecule has 1 fully saturated rings. The lowest BCUT2D eigenvalue weighted by atomic mass is 9.88. The Hall–Kier alpha value is -5.33. The number of anilines is 2. The van der Waals surface area contributed by atoms with Gasteiger partial charge in [0.1, 0.15) is 23.1 Å². The molecule has 0 unspecified atom stereocenters. The molecule has 8 heteroatoms. The van der Waals surface area contributed by atoms with E-state index in [2.05, 4.69) is 22.2 Å². The van der Waals surface area contributed by atoms with E-state index in [-0.39, 0.29) is 17.7 Å². The van der Waals surface area contributed by atoms with Crippen molar-refractivity contribution in [1.29, 1.82) is 0 Å². The van der Waals surface area contributed by atoms with Crippen LogP contribution in [-0.4, -0.2) is 56.5 Å². The number of hydrogen-bond donors (Lipinski definition) is 1. The van der Waals surface area contributed by atoms with Crippen LogP contribution in [0.25, 0.3) is 0 Å². The van der Waals surface area contributed by atoms with Gasteiger partial charge in [0.15, 0.2) is 0 Å². The number of hydrogen-bond acceptors (Lipinski definition) is 6. The molecule has 0 aromatic heterocycles. The van der Waals surface area contributed by atoms with Crippen LogP contribution < -0.4 is 19.7 Å². The number of methoxy groups -OCH3 is 2. The summed E-state index contributed by atoms with van der Waals surface area (Å²) >= 11 is 0. The second-order valence-corrected chi connectivity index (χ2v) is 10.9. The molecule has 5 rings (SSSR count). The van der Waals surface area contributed by atoms with Crippen LogP contribution in [0.2, 0.25) is 0 Å². The van der Waals surface area contributed by atoms with Gasteiger partial charge >= 0.3 is 0 Å². The van der Waals surface area contributed by atoms with Crippen LogP contribution in [-0.2, 0) is 4.79 Å². The zero-order valence-corrected chi connectivity index (χ0v) is 25.6. The number of likely N-dealkylation sites (tertiary alicyclic amines) is 1. The maximum atomic E-state index is 13.6. The van der Waals surface area contributed by atoms with Crippen molar-refractivity contribution in [2.24, 2.45) is 0 Å². The summed E-state index contributed by atoms with van der Waals surface area (Å²) in [5.41, 5.74) is 4.27. The highest BCUT2D eigenvalue weighted by atomic mass is 16.5. The van der Waals surface area contributed by atoms with E-state index in [0.717, 1.165) is 29.8 Å². The number of nitrogens with one attached hydrogen (secondary N) is 1. The first kappa shape index (κ1) is 31.1. The zero-order valence-electron chi connectivity index (χ0n) is 25.6. The molecular formula is C37H37N3O5. The van der Waals surface area contributed by atoms with Gasteiger partial charge in [0, 0.05) is 48.6 Å². The Labute approximate surface area is 263 Å². The van der Waals surface area contributed by atoms with E-state index in [1.165, 1.54) is 0 Å². The van der Waals surface area contributed by atoms with Gasteiger partial charge in [-0.2, -0.15) is 0 Å². The summed E-state index contributed by atoms with van der Waals surface area (Å²) in [6.45, 7) is 1.68. The molecule has 4 aromatic carbocycles. The molecule has 8 nitrogen and oxygen atoms in total. The van der Waals surface area contributed by atoms with E-state index in [1.807, 2.05) is 48.5 Å². The Morgan fingerprint density at radius 3 is 1.98 bits per heavy atom. The van der Waals surface area contributed by atoms with Crippen LogP contribution in [0.3, 0.4) is 0 Å². The summed E-state index contributed by atoms with van der Waals surface area (Å²) in [6, 6.07) is 31.4. The molecule has 4 aromatic rings.